The third kappa shape index (κ3) is 4.24. The summed E-state index contributed by atoms with van der Waals surface area (Å²) in [7, 11) is -3.18. The maximum absolute atomic E-state index is 12.3. The molecule has 2 heterocycles. The molecule has 112 valence electrons. The first kappa shape index (κ1) is 15.4. The molecule has 0 atom stereocenters. The van der Waals surface area contributed by atoms with Crippen LogP contribution >= 0.6 is 0 Å². The monoisotopic (exact) mass is 298 g/mol. The van der Waals surface area contributed by atoms with Crippen LogP contribution in [0.5, 0.6) is 0 Å². The van der Waals surface area contributed by atoms with Crippen molar-refractivity contribution in [2.75, 3.05) is 45.0 Å². The molecule has 7 heteroatoms. The van der Waals surface area contributed by atoms with Crippen LogP contribution in [0.4, 0.5) is 0 Å². The van der Waals surface area contributed by atoms with Crippen molar-refractivity contribution in [1.29, 1.82) is 0 Å². The molecule has 6 nitrogen and oxygen atoms in total. The standard InChI is InChI=1S/C13H22N4O2S/c14-5-7-16-8-10-17(11-9-16)20(18,19)12-4-13-3-1-2-6-15-13/h1-3,6H,4-5,7-12,14H2. The summed E-state index contributed by atoms with van der Waals surface area (Å²) in [6.45, 7) is 4.10. The molecule has 0 saturated carbocycles. The Balaban J connectivity index is 1.85. The van der Waals surface area contributed by atoms with Crippen LogP contribution in [0.2, 0.25) is 0 Å². The van der Waals surface area contributed by atoms with Crippen molar-refractivity contribution in [3.8, 4) is 0 Å². The minimum atomic E-state index is -3.18. The van der Waals surface area contributed by atoms with Crippen LogP contribution in [0.15, 0.2) is 24.4 Å². The molecular formula is C13H22N4O2S. The van der Waals surface area contributed by atoms with Crippen LogP contribution in [0, 0.1) is 0 Å². The van der Waals surface area contributed by atoms with Gasteiger partial charge in [-0.3, -0.25) is 9.88 Å². The number of pyridine rings is 1. The Kier molecular flexibility index (Phi) is 5.47. The maximum atomic E-state index is 12.3. The summed E-state index contributed by atoms with van der Waals surface area (Å²) < 4.78 is 26.1. The normalized spacial score (nSPS) is 18.2. The van der Waals surface area contributed by atoms with E-state index >= 15 is 0 Å². The molecule has 1 aliphatic rings. The highest BCUT2D eigenvalue weighted by Gasteiger charge is 2.26. The van der Waals surface area contributed by atoms with Crippen LogP contribution in [-0.2, 0) is 16.4 Å². The van der Waals surface area contributed by atoms with E-state index in [0.717, 1.165) is 25.3 Å². The molecule has 20 heavy (non-hydrogen) atoms. The van der Waals surface area contributed by atoms with E-state index in [1.807, 2.05) is 18.2 Å². The SMILES string of the molecule is NCCN1CCN(S(=O)(=O)CCc2ccccn2)CC1. The maximum Gasteiger partial charge on any atom is 0.214 e. The Morgan fingerprint density at radius 1 is 1.20 bits per heavy atom. The first-order valence-corrected chi connectivity index (χ1v) is 8.53. The molecule has 1 aromatic rings. The van der Waals surface area contributed by atoms with Crippen molar-refractivity contribution in [2.45, 2.75) is 6.42 Å². The Bertz CT molecular complexity index is 498. The lowest BCUT2D eigenvalue weighted by molar-refractivity contribution is 0.193. The number of aromatic nitrogens is 1. The lowest BCUT2D eigenvalue weighted by atomic mass is 10.3. The zero-order chi connectivity index (χ0) is 14.4. The van der Waals surface area contributed by atoms with Crippen LogP contribution in [0.25, 0.3) is 0 Å². The van der Waals surface area contributed by atoms with Gasteiger partial charge in [-0.2, -0.15) is 4.31 Å². The average Bonchev–Trinajstić information content (AvgIpc) is 2.47. The van der Waals surface area contributed by atoms with Crippen LogP contribution < -0.4 is 5.73 Å². The van der Waals surface area contributed by atoms with Gasteiger partial charge < -0.3 is 5.73 Å². The lowest BCUT2D eigenvalue weighted by Gasteiger charge is -2.33. The number of sulfonamides is 1. The van der Waals surface area contributed by atoms with E-state index in [2.05, 4.69) is 9.88 Å². The molecule has 0 bridgehead atoms. The second-order valence-electron chi connectivity index (χ2n) is 4.92. The molecule has 0 radical (unpaired) electrons. The number of hydrogen-bond donors (Lipinski definition) is 1. The molecule has 1 aromatic heterocycles. The van der Waals surface area contributed by atoms with E-state index in [4.69, 9.17) is 5.73 Å². The number of nitrogens with zero attached hydrogens (tertiary/aromatic N) is 3. The van der Waals surface area contributed by atoms with Crippen LogP contribution in [-0.4, -0.2) is 67.6 Å². The third-order valence-corrected chi connectivity index (χ3v) is 5.38. The fraction of sp³-hybridized carbons (Fsp3) is 0.615. The minimum Gasteiger partial charge on any atom is -0.329 e. The quantitative estimate of drug-likeness (QED) is 0.768. The zero-order valence-electron chi connectivity index (χ0n) is 11.6. The van der Waals surface area contributed by atoms with Crippen molar-refractivity contribution >= 4 is 10.0 Å². The number of rotatable bonds is 6. The Labute approximate surface area is 120 Å². The van der Waals surface area contributed by atoms with Gasteiger partial charge in [-0.05, 0) is 12.1 Å². The van der Waals surface area contributed by atoms with Crippen LogP contribution in [0.1, 0.15) is 5.69 Å². The summed E-state index contributed by atoms with van der Waals surface area (Å²) in [5, 5.41) is 0. The molecule has 0 aromatic carbocycles. The molecule has 0 spiro atoms. The number of aryl methyl sites for hydroxylation is 1. The van der Waals surface area contributed by atoms with Crippen LogP contribution in [0.3, 0.4) is 0 Å². The number of hydrogen-bond acceptors (Lipinski definition) is 5. The summed E-state index contributed by atoms with van der Waals surface area (Å²) in [5.74, 6) is 0.126. The topological polar surface area (TPSA) is 79.5 Å². The smallest absolute Gasteiger partial charge is 0.214 e. The molecule has 2 rings (SSSR count). The highest BCUT2D eigenvalue weighted by molar-refractivity contribution is 7.89. The van der Waals surface area contributed by atoms with E-state index in [9.17, 15) is 8.42 Å². The molecule has 0 amide bonds. The van der Waals surface area contributed by atoms with Gasteiger partial charge in [0.25, 0.3) is 0 Å². The molecule has 1 aliphatic heterocycles. The number of nitrogens with two attached hydrogens (primary N) is 1. The van der Waals surface area contributed by atoms with Crippen molar-refractivity contribution < 1.29 is 8.42 Å². The Morgan fingerprint density at radius 2 is 1.95 bits per heavy atom. The Morgan fingerprint density at radius 3 is 2.55 bits per heavy atom. The molecule has 0 aliphatic carbocycles. The third-order valence-electron chi connectivity index (χ3n) is 3.51. The van der Waals surface area contributed by atoms with Crippen molar-refractivity contribution in [3.05, 3.63) is 30.1 Å². The van der Waals surface area contributed by atoms with Gasteiger partial charge in [-0.1, -0.05) is 6.07 Å². The van der Waals surface area contributed by atoms with Crippen molar-refractivity contribution in [3.63, 3.8) is 0 Å². The van der Waals surface area contributed by atoms with Gasteiger partial charge in [0, 0.05) is 57.6 Å². The zero-order valence-corrected chi connectivity index (χ0v) is 12.4. The number of piperazine rings is 1. The largest absolute Gasteiger partial charge is 0.329 e. The fourth-order valence-corrected chi connectivity index (χ4v) is 3.77. The lowest BCUT2D eigenvalue weighted by Crippen LogP contribution is -2.50. The predicted octanol–water partition coefficient (Wildman–Crippen LogP) is -0.470. The van der Waals surface area contributed by atoms with E-state index in [-0.39, 0.29) is 5.75 Å². The summed E-state index contributed by atoms with van der Waals surface area (Å²) in [6, 6.07) is 5.56. The highest BCUT2D eigenvalue weighted by atomic mass is 32.2. The molecule has 0 unspecified atom stereocenters. The molecular weight excluding hydrogens is 276 g/mol. The second-order valence-corrected chi connectivity index (χ2v) is 7.00. The van der Waals surface area contributed by atoms with Gasteiger partial charge in [0.05, 0.1) is 5.75 Å². The van der Waals surface area contributed by atoms with E-state index < -0.39 is 10.0 Å². The Hall–Kier alpha value is -1.02. The fourth-order valence-electron chi connectivity index (χ4n) is 2.32. The highest BCUT2D eigenvalue weighted by Crippen LogP contribution is 2.09. The summed E-state index contributed by atoms with van der Waals surface area (Å²) >= 11 is 0. The van der Waals surface area contributed by atoms with Gasteiger partial charge in [-0.25, -0.2) is 8.42 Å². The van der Waals surface area contributed by atoms with Crippen molar-refractivity contribution in [1.82, 2.24) is 14.2 Å². The first-order chi connectivity index (χ1) is 9.62. The van der Waals surface area contributed by atoms with Gasteiger partial charge >= 0.3 is 0 Å². The van der Waals surface area contributed by atoms with Gasteiger partial charge in [0.15, 0.2) is 0 Å². The van der Waals surface area contributed by atoms with Gasteiger partial charge in [0.2, 0.25) is 10.0 Å². The van der Waals surface area contributed by atoms with E-state index in [1.54, 1.807) is 10.5 Å². The summed E-state index contributed by atoms with van der Waals surface area (Å²) in [5.41, 5.74) is 6.33. The summed E-state index contributed by atoms with van der Waals surface area (Å²) in [6.07, 6.45) is 2.15. The average molecular weight is 298 g/mol. The minimum absolute atomic E-state index is 0.126. The molecule has 1 fully saturated rings. The second kappa shape index (κ2) is 7.12. The van der Waals surface area contributed by atoms with Gasteiger partial charge in [0.1, 0.15) is 0 Å². The van der Waals surface area contributed by atoms with Crippen molar-refractivity contribution in [2.24, 2.45) is 5.73 Å². The summed E-state index contributed by atoms with van der Waals surface area (Å²) in [4.78, 5) is 6.36. The molecule has 2 N–H and O–H groups in total. The molecule has 1 saturated heterocycles. The first-order valence-electron chi connectivity index (χ1n) is 6.92. The van der Waals surface area contributed by atoms with E-state index in [0.29, 0.717) is 26.1 Å². The van der Waals surface area contributed by atoms with Gasteiger partial charge in [-0.15, -0.1) is 0 Å². The predicted molar refractivity (Wildman–Crippen MR) is 78.8 cm³/mol. The van der Waals surface area contributed by atoms with E-state index in [1.165, 1.54) is 0 Å².